The molecule has 0 bridgehead atoms. The number of aryl methyl sites for hydroxylation is 1. The molecule has 174 valence electrons. The van der Waals surface area contributed by atoms with Crippen molar-refractivity contribution in [1.29, 1.82) is 0 Å². The van der Waals surface area contributed by atoms with E-state index in [0.717, 1.165) is 17.1 Å². The Hall–Kier alpha value is -4.47. The third-order valence-electron chi connectivity index (χ3n) is 5.07. The molecule has 3 N–H and O–H groups in total. The molecule has 0 unspecified atom stereocenters. The molecule has 34 heavy (non-hydrogen) atoms. The van der Waals surface area contributed by atoms with Crippen molar-refractivity contribution in [2.24, 2.45) is 0 Å². The van der Waals surface area contributed by atoms with Crippen LogP contribution in [0.25, 0.3) is 0 Å². The number of nitrogens with zero attached hydrogens (tertiary/aromatic N) is 6. The lowest BCUT2D eigenvalue weighted by atomic mass is 10.2. The second kappa shape index (κ2) is 9.99. The quantitative estimate of drug-likeness (QED) is 0.367. The fourth-order valence-corrected chi connectivity index (χ4v) is 3.29. The lowest BCUT2D eigenvalue weighted by molar-refractivity contribution is -0.115. The zero-order valence-corrected chi connectivity index (χ0v) is 19.6. The number of anilines is 6. The van der Waals surface area contributed by atoms with Gasteiger partial charge in [-0.1, -0.05) is 18.2 Å². The molecule has 2 heterocycles. The Labute approximate surface area is 198 Å². The maximum absolute atomic E-state index is 12.3. The maximum atomic E-state index is 12.3. The van der Waals surface area contributed by atoms with E-state index in [1.165, 1.54) is 0 Å². The van der Waals surface area contributed by atoms with Crippen LogP contribution >= 0.6 is 0 Å². The highest BCUT2D eigenvalue weighted by Crippen LogP contribution is 2.24. The Kier molecular flexibility index (Phi) is 6.67. The summed E-state index contributed by atoms with van der Waals surface area (Å²) in [5, 5.41) is 13.0. The number of benzene rings is 2. The number of aromatic nitrogens is 5. The largest absolute Gasteiger partial charge is 0.378 e. The van der Waals surface area contributed by atoms with Crippen LogP contribution in [0.2, 0.25) is 0 Å². The van der Waals surface area contributed by atoms with Crippen molar-refractivity contribution in [3.8, 4) is 0 Å². The van der Waals surface area contributed by atoms with Gasteiger partial charge in [-0.15, -0.1) is 0 Å². The summed E-state index contributed by atoms with van der Waals surface area (Å²) in [6.45, 7) is 1.81. The number of hydrogen-bond acceptors (Lipinski definition) is 8. The molecule has 0 saturated carbocycles. The molecule has 4 aromatic rings. The minimum atomic E-state index is -0.137. The molecule has 0 radical (unpaired) electrons. The lowest BCUT2D eigenvalue weighted by Gasteiger charge is -2.19. The normalized spacial score (nSPS) is 10.6. The summed E-state index contributed by atoms with van der Waals surface area (Å²) in [4.78, 5) is 29.6. The van der Waals surface area contributed by atoms with Crippen LogP contribution in [0.5, 0.6) is 0 Å². The first-order chi connectivity index (χ1) is 16.4. The van der Waals surface area contributed by atoms with Gasteiger partial charge in [-0.25, -0.2) is 0 Å². The first kappa shape index (κ1) is 22.7. The SMILES string of the molecule is Cc1nc(Nc2cc(CC(=O)Nc3ccccc3)[nH]n2)nc(N(C)c2ccc(N(C)C)cc2)n1. The van der Waals surface area contributed by atoms with E-state index < -0.39 is 0 Å². The summed E-state index contributed by atoms with van der Waals surface area (Å²) in [7, 11) is 5.91. The van der Waals surface area contributed by atoms with Crippen LogP contribution in [0.15, 0.2) is 60.7 Å². The van der Waals surface area contributed by atoms with Crippen molar-refractivity contribution in [2.75, 3.05) is 41.6 Å². The summed E-state index contributed by atoms with van der Waals surface area (Å²) in [6, 6.07) is 19.2. The zero-order chi connectivity index (χ0) is 24.1. The van der Waals surface area contributed by atoms with Gasteiger partial charge in [0.15, 0.2) is 5.82 Å². The third kappa shape index (κ3) is 5.66. The fraction of sp³-hybridized carbons (Fsp3) is 0.208. The highest BCUT2D eigenvalue weighted by molar-refractivity contribution is 5.92. The molecule has 0 atom stereocenters. The lowest BCUT2D eigenvalue weighted by Crippen LogP contribution is -2.16. The van der Waals surface area contributed by atoms with Gasteiger partial charge >= 0.3 is 0 Å². The predicted molar refractivity (Wildman–Crippen MR) is 134 cm³/mol. The van der Waals surface area contributed by atoms with Crippen LogP contribution in [0.3, 0.4) is 0 Å². The number of para-hydroxylation sites is 1. The van der Waals surface area contributed by atoms with Crippen LogP contribution in [-0.4, -0.2) is 52.2 Å². The Balaban J connectivity index is 1.43. The molecule has 10 nitrogen and oxygen atoms in total. The smallest absolute Gasteiger partial charge is 0.234 e. The maximum Gasteiger partial charge on any atom is 0.234 e. The number of nitrogens with one attached hydrogen (secondary N) is 3. The first-order valence-corrected chi connectivity index (χ1v) is 10.8. The van der Waals surface area contributed by atoms with Crippen LogP contribution < -0.4 is 20.4 Å². The van der Waals surface area contributed by atoms with Crippen LogP contribution in [0.1, 0.15) is 11.5 Å². The van der Waals surface area contributed by atoms with E-state index in [9.17, 15) is 4.79 Å². The number of aromatic amines is 1. The van der Waals surface area contributed by atoms with Gasteiger partial charge in [0, 0.05) is 50.0 Å². The highest BCUT2D eigenvalue weighted by atomic mass is 16.1. The molecule has 0 spiro atoms. The number of H-pyrrole nitrogens is 1. The minimum absolute atomic E-state index is 0.137. The molecule has 0 aliphatic rings. The fourth-order valence-electron chi connectivity index (χ4n) is 3.29. The number of rotatable bonds is 8. The van der Waals surface area contributed by atoms with Crippen molar-refractivity contribution in [1.82, 2.24) is 25.1 Å². The molecule has 1 amide bonds. The third-order valence-corrected chi connectivity index (χ3v) is 5.07. The predicted octanol–water partition coefficient (Wildman–Crippen LogP) is 3.66. The molecule has 0 aliphatic heterocycles. The van der Waals surface area contributed by atoms with Gasteiger partial charge in [-0.2, -0.15) is 20.1 Å². The van der Waals surface area contributed by atoms with E-state index in [1.54, 1.807) is 6.07 Å². The minimum Gasteiger partial charge on any atom is -0.378 e. The molecular formula is C24H27N9O. The highest BCUT2D eigenvalue weighted by Gasteiger charge is 2.13. The Morgan fingerprint density at radius 2 is 1.65 bits per heavy atom. The van der Waals surface area contributed by atoms with Gasteiger partial charge in [0.25, 0.3) is 0 Å². The topological polar surface area (TPSA) is 115 Å². The number of carbonyl (C=O) groups excluding carboxylic acids is 1. The van der Waals surface area contributed by atoms with E-state index in [2.05, 4.69) is 35.8 Å². The average molecular weight is 458 g/mol. The number of hydrogen-bond donors (Lipinski definition) is 3. The van der Waals surface area contributed by atoms with Gasteiger partial charge in [0.1, 0.15) is 5.82 Å². The number of amides is 1. The first-order valence-electron chi connectivity index (χ1n) is 10.8. The van der Waals surface area contributed by atoms with E-state index >= 15 is 0 Å². The van der Waals surface area contributed by atoms with Gasteiger partial charge in [0.05, 0.1) is 6.42 Å². The Morgan fingerprint density at radius 1 is 0.941 bits per heavy atom. The summed E-state index contributed by atoms with van der Waals surface area (Å²) >= 11 is 0. The molecule has 0 fully saturated rings. The summed E-state index contributed by atoms with van der Waals surface area (Å²) in [5.41, 5.74) is 3.48. The summed E-state index contributed by atoms with van der Waals surface area (Å²) in [5.74, 6) is 1.82. The van der Waals surface area contributed by atoms with Crippen molar-refractivity contribution in [3.63, 3.8) is 0 Å². The van der Waals surface area contributed by atoms with Crippen LogP contribution in [0.4, 0.5) is 34.8 Å². The molecule has 2 aromatic carbocycles. The van der Waals surface area contributed by atoms with Crippen LogP contribution in [0, 0.1) is 6.92 Å². The molecule has 0 saturated heterocycles. The molecule has 4 rings (SSSR count). The van der Waals surface area contributed by atoms with E-state index in [0.29, 0.717) is 29.2 Å². The van der Waals surface area contributed by atoms with Crippen molar-refractivity contribution in [2.45, 2.75) is 13.3 Å². The Bertz CT molecular complexity index is 1250. The zero-order valence-electron chi connectivity index (χ0n) is 19.6. The van der Waals surface area contributed by atoms with Gasteiger partial charge in [-0.3, -0.25) is 9.89 Å². The van der Waals surface area contributed by atoms with E-state index in [4.69, 9.17) is 0 Å². The standard InChI is InChI=1S/C24H27N9O/c1-16-25-23(29-24(26-16)33(4)20-12-10-19(11-13-20)32(2)3)28-21-14-18(30-31-21)15-22(34)27-17-8-6-5-7-9-17/h5-14H,15H2,1-4H3,(H,27,34)(H2,25,26,28,29,30,31). The van der Waals surface area contributed by atoms with Gasteiger partial charge in [0.2, 0.25) is 17.8 Å². The molecular weight excluding hydrogens is 430 g/mol. The average Bonchev–Trinajstić information content (AvgIpc) is 3.25. The molecule has 2 aromatic heterocycles. The molecule has 0 aliphatic carbocycles. The van der Waals surface area contributed by atoms with E-state index in [1.807, 2.05) is 92.5 Å². The van der Waals surface area contributed by atoms with Gasteiger partial charge < -0.3 is 20.4 Å². The monoisotopic (exact) mass is 457 g/mol. The second-order valence-corrected chi connectivity index (χ2v) is 7.97. The van der Waals surface area contributed by atoms with Crippen molar-refractivity contribution >= 4 is 40.7 Å². The van der Waals surface area contributed by atoms with Crippen molar-refractivity contribution < 1.29 is 4.79 Å². The summed E-state index contributed by atoms with van der Waals surface area (Å²) in [6.07, 6.45) is 0.163. The molecule has 10 heteroatoms. The van der Waals surface area contributed by atoms with Crippen LogP contribution in [-0.2, 0) is 11.2 Å². The van der Waals surface area contributed by atoms with E-state index in [-0.39, 0.29) is 12.3 Å². The second-order valence-electron chi connectivity index (χ2n) is 7.97. The number of carbonyl (C=O) groups is 1. The Morgan fingerprint density at radius 3 is 2.35 bits per heavy atom. The van der Waals surface area contributed by atoms with Crippen molar-refractivity contribution in [3.05, 3.63) is 72.2 Å². The van der Waals surface area contributed by atoms with Gasteiger partial charge in [-0.05, 0) is 43.3 Å². The summed E-state index contributed by atoms with van der Waals surface area (Å²) < 4.78 is 0.